The number of rotatable bonds is 4. The molecule has 0 spiro atoms. The van der Waals surface area contributed by atoms with Gasteiger partial charge in [-0.15, -0.1) is 11.6 Å². The van der Waals surface area contributed by atoms with Gasteiger partial charge in [-0.1, -0.05) is 0 Å². The largest absolute Gasteiger partial charge is 0.433 e. The van der Waals surface area contributed by atoms with Crippen LogP contribution in [0.25, 0.3) is 0 Å². The summed E-state index contributed by atoms with van der Waals surface area (Å²) in [7, 11) is 0.955. The van der Waals surface area contributed by atoms with Crippen LogP contribution < -0.4 is 4.74 Å². The summed E-state index contributed by atoms with van der Waals surface area (Å²) in [5.41, 5.74) is -0.217. The topological polar surface area (TPSA) is 67.2 Å². The molecule has 0 atom stereocenters. The van der Waals surface area contributed by atoms with Gasteiger partial charge in [0.25, 0.3) is 9.05 Å². The van der Waals surface area contributed by atoms with Crippen molar-refractivity contribution in [2.45, 2.75) is 17.4 Å². The zero-order chi connectivity index (χ0) is 13.9. The maximum Gasteiger partial charge on any atom is 0.387 e. The van der Waals surface area contributed by atoms with Crippen molar-refractivity contribution in [1.29, 1.82) is 5.26 Å². The summed E-state index contributed by atoms with van der Waals surface area (Å²) in [6, 6.07) is 3.41. The van der Waals surface area contributed by atoms with Gasteiger partial charge in [0.05, 0.1) is 10.5 Å². The fourth-order valence-electron chi connectivity index (χ4n) is 1.21. The minimum Gasteiger partial charge on any atom is -0.433 e. The lowest BCUT2D eigenvalue weighted by atomic mass is 10.1. The normalized spacial score (nSPS) is 11.3. The van der Waals surface area contributed by atoms with Gasteiger partial charge in [0.2, 0.25) is 0 Å². The van der Waals surface area contributed by atoms with Crippen LogP contribution in [-0.4, -0.2) is 15.0 Å². The number of nitrogens with zero attached hydrogens (tertiary/aromatic N) is 1. The third kappa shape index (κ3) is 3.45. The Labute approximate surface area is 111 Å². The number of nitriles is 1. The van der Waals surface area contributed by atoms with Crippen molar-refractivity contribution in [3.8, 4) is 11.8 Å². The molecule has 1 aromatic rings. The zero-order valence-electron chi connectivity index (χ0n) is 8.53. The van der Waals surface area contributed by atoms with Crippen molar-refractivity contribution in [2.75, 3.05) is 0 Å². The van der Waals surface area contributed by atoms with E-state index >= 15 is 0 Å². The highest BCUT2D eigenvalue weighted by Gasteiger charge is 2.20. The number of alkyl halides is 3. The summed E-state index contributed by atoms with van der Waals surface area (Å²) < 4.78 is 50.7. The second-order valence-corrected chi connectivity index (χ2v) is 5.85. The molecule has 0 saturated heterocycles. The summed E-state index contributed by atoms with van der Waals surface area (Å²) in [6.45, 7) is -3.20. The van der Waals surface area contributed by atoms with Crippen LogP contribution in [0.5, 0.6) is 5.75 Å². The Morgan fingerprint density at radius 3 is 2.44 bits per heavy atom. The molecule has 0 radical (unpaired) electrons. The van der Waals surface area contributed by atoms with Crippen LogP contribution in [-0.2, 0) is 14.9 Å². The van der Waals surface area contributed by atoms with Gasteiger partial charge in [-0.05, 0) is 11.6 Å². The Kier molecular flexibility index (Phi) is 4.73. The van der Waals surface area contributed by atoms with E-state index in [4.69, 9.17) is 27.5 Å². The third-order valence-corrected chi connectivity index (χ3v) is 3.53. The lowest BCUT2D eigenvalue weighted by Crippen LogP contribution is -2.06. The molecular formula is C9H5Cl2F2NO3S. The Morgan fingerprint density at radius 2 is 2.06 bits per heavy atom. The molecule has 0 bridgehead atoms. The van der Waals surface area contributed by atoms with Gasteiger partial charge in [0.1, 0.15) is 11.8 Å². The molecule has 98 valence electrons. The monoisotopic (exact) mass is 315 g/mol. The van der Waals surface area contributed by atoms with E-state index in [1.807, 2.05) is 0 Å². The number of benzene rings is 1. The number of hydrogen-bond donors (Lipinski definition) is 0. The fraction of sp³-hybridized carbons (Fsp3) is 0.222. The van der Waals surface area contributed by atoms with E-state index in [0.29, 0.717) is 0 Å². The van der Waals surface area contributed by atoms with Crippen LogP contribution in [0.1, 0.15) is 11.1 Å². The average Bonchev–Trinajstić information content (AvgIpc) is 2.25. The molecule has 1 rings (SSSR count). The van der Waals surface area contributed by atoms with Crippen molar-refractivity contribution in [3.05, 3.63) is 23.3 Å². The first-order valence-electron chi connectivity index (χ1n) is 4.32. The Bertz CT molecular complexity index is 599. The van der Waals surface area contributed by atoms with Crippen molar-refractivity contribution in [3.63, 3.8) is 0 Å². The van der Waals surface area contributed by atoms with Crippen LogP contribution in [0.2, 0.25) is 0 Å². The molecule has 0 aliphatic rings. The molecule has 0 unspecified atom stereocenters. The van der Waals surface area contributed by atoms with Gasteiger partial charge < -0.3 is 4.74 Å². The summed E-state index contributed by atoms with van der Waals surface area (Å²) in [6.07, 6.45) is 0. The van der Waals surface area contributed by atoms with Gasteiger partial charge in [-0.3, -0.25) is 0 Å². The molecule has 0 aliphatic carbocycles. The summed E-state index contributed by atoms with van der Waals surface area (Å²) in [5, 5.41) is 8.82. The van der Waals surface area contributed by atoms with E-state index in [1.54, 1.807) is 6.07 Å². The minimum absolute atomic E-state index is 0.0385. The van der Waals surface area contributed by atoms with Crippen LogP contribution in [0, 0.1) is 11.3 Å². The van der Waals surface area contributed by atoms with E-state index in [9.17, 15) is 17.2 Å². The first-order chi connectivity index (χ1) is 8.29. The highest BCUT2D eigenvalue weighted by atomic mass is 35.7. The minimum atomic E-state index is -4.14. The molecule has 0 amide bonds. The molecular weight excluding hydrogens is 311 g/mol. The molecule has 0 saturated carbocycles. The molecule has 0 N–H and O–H groups in total. The van der Waals surface area contributed by atoms with Crippen molar-refractivity contribution < 1.29 is 21.9 Å². The average molecular weight is 316 g/mol. The Morgan fingerprint density at radius 1 is 1.44 bits per heavy atom. The number of halogens is 4. The molecule has 0 heterocycles. The van der Waals surface area contributed by atoms with Gasteiger partial charge >= 0.3 is 6.61 Å². The quantitative estimate of drug-likeness (QED) is 0.633. The van der Waals surface area contributed by atoms with Crippen LogP contribution in [0.4, 0.5) is 8.78 Å². The summed E-state index contributed by atoms with van der Waals surface area (Å²) in [5.74, 6) is -0.826. The maximum absolute atomic E-state index is 12.2. The second-order valence-electron chi connectivity index (χ2n) is 3.02. The molecule has 18 heavy (non-hydrogen) atoms. The predicted molar refractivity (Wildman–Crippen MR) is 60.4 cm³/mol. The lowest BCUT2D eigenvalue weighted by molar-refractivity contribution is -0.0502. The van der Waals surface area contributed by atoms with Crippen molar-refractivity contribution in [2.24, 2.45) is 0 Å². The second kappa shape index (κ2) is 5.69. The molecule has 4 nitrogen and oxygen atoms in total. The van der Waals surface area contributed by atoms with Crippen molar-refractivity contribution >= 4 is 31.3 Å². The van der Waals surface area contributed by atoms with Gasteiger partial charge in [-0.25, -0.2) is 8.42 Å². The lowest BCUT2D eigenvalue weighted by Gasteiger charge is -2.10. The maximum atomic E-state index is 12.2. The van der Waals surface area contributed by atoms with Gasteiger partial charge in [0.15, 0.2) is 0 Å². The smallest absolute Gasteiger partial charge is 0.387 e. The summed E-state index contributed by atoms with van der Waals surface area (Å²) in [4.78, 5) is -0.463. The van der Waals surface area contributed by atoms with Gasteiger partial charge in [0, 0.05) is 22.6 Å². The summed E-state index contributed by atoms with van der Waals surface area (Å²) >= 11 is 5.51. The first-order valence-corrected chi connectivity index (χ1v) is 7.16. The Balaban J connectivity index is 3.52. The zero-order valence-corrected chi connectivity index (χ0v) is 10.9. The molecule has 0 fully saturated rings. The van der Waals surface area contributed by atoms with E-state index in [-0.39, 0.29) is 17.0 Å². The molecule has 1 aromatic carbocycles. The molecule has 0 aliphatic heterocycles. The SMILES string of the molecule is N#Cc1c(CCl)cc(S(=O)(=O)Cl)cc1OC(F)F. The molecule has 0 aromatic heterocycles. The standard InChI is InChI=1S/C9H5Cl2F2NO3S/c10-3-5-1-6(18(11,15)16)2-8(7(5)4-14)17-9(12)13/h1-2,9H,3H2. The Hall–Kier alpha value is -1.10. The highest BCUT2D eigenvalue weighted by Crippen LogP contribution is 2.30. The van der Waals surface area contributed by atoms with E-state index in [1.165, 1.54) is 0 Å². The van der Waals surface area contributed by atoms with E-state index in [2.05, 4.69) is 4.74 Å². The van der Waals surface area contributed by atoms with E-state index in [0.717, 1.165) is 12.1 Å². The first kappa shape index (κ1) is 15.0. The molecule has 9 heteroatoms. The number of ether oxygens (including phenoxy) is 1. The van der Waals surface area contributed by atoms with Crippen LogP contribution in [0.15, 0.2) is 17.0 Å². The van der Waals surface area contributed by atoms with Crippen LogP contribution >= 0.6 is 22.3 Å². The van der Waals surface area contributed by atoms with Crippen molar-refractivity contribution in [1.82, 2.24) is 0 Å². The van der Waals surface area contributed by atoms with Gasteiger partial charge in [-0.2, -0.15) is 14.0 Å². The third-order valence-electron chi connectivity index (χ3n) is 1.91. The van der Waals surface area contributed by atoms with Crippen LogP contribution in [0.3, 0.4) is 0 Å². The number of hydrogen-bond acceptors (Lipinski definition) is 4. The predicted octanol–water partition coefficient (Wildman–Crippen LogP) is 2.83. The highest BCUT2D eigenvalue weighted by molar-refractivity contribution is 8.13. The fourth-order valence-corrected chi connectivity index (χ4v) is 2.22. The van der Waals surface area contributed by atoms with E-state index < -0.39 is 26.3 Å².